The molecular formula is C22H23N3O8. The zero-order valence-corrected chi connectivity index (χ0v) is 18.0. The number of hydrogen-bond donors (Lipinski definition) is 2. The maximum Gasteiger partial charge on any atom is 0.337 e. The molecule has 33 heavy (non-hydrogen) atoms. The molecule has 2 aromatic carbocycles. The number of hydrogen-bond acceptors (Lipinski definition) is 8. The predicted molar refractivity (Wildman–Crippen MR) is 115 cm³/mol. The van der Waals surface area contributed by atoms with E-state index in [1.54, 1.807) is 6.92 Å². The van der Waals surface area contributed by atoms with Gasteiger partial charge in [0.15, 0.2) is 0 Å². The zero-order valence-electron chi connectivity index (χ0n) is 18.0. The topological polar surface area (TPSA) is 168 Å². The molecule has 0 spiro atoms. The molecule has 174 valence electrons. The first-order chi connectivity index (χ1) is 15.7. The van der Waals surface area contributed by atoms with Crippen LogP contribution >= 0.6 is 0 Å². The molecule has 2 atom stereocenters. The summed E-state index contributed by atoms with van der Waals surface area (Å²) in [4.78, 5) is 59.4. The van der Waals surface area contributed by atoms with E-state index in [4.69, 9.17) is 10.5 Å². The first kappa shape index (κ1) is 25.0. The quantitative estimate of drug-likeness (QED) is 0.309. The van der Waals surface area contributed by atoms with Crippen LogP contribution in [-0.4, -0.2) is 48.4 Å². The molecule has 2 rings (SSSR count). The number of nitrogens with one attached hydrogen (secondary N) is 1. The van der Waals surface area contributed by atoms with Crippen molar-refractivity contribution in [3.8, 4) is 0 Å². The summed E-state index contributed by atoms with van der Waals surface area (Å²) in [6.45, 7) is 1.71. The molecular weight excluding hydrogens is 434 g/mol. The van der Waals surface area contributed by atoms with Gasteiger partial charge in [-0.25, -0.2) is 4.79 Å². The number of ether oxygens (including phenoxy) is 2. The third-order valence-corrected chi connectivity index (χ3v) is 4.77. The molecule has 0 aliphatic heterocycles. The van der Waals surface area contributed by atoms with Crippen LogP contribution in [0.25, 0.3) is 0 Å². The monoisotopic (exact) mass is 457 g/mol. The number of nitro benzene ring substituents is 1. The SMILES string of the molecule is CCOC(=O)C[C@@H](c1ccc([N+](=O)[O-])cc1)[C@H](NC(=O)c1cccc(C(=O)OC)c1)C(N)=O. The Hall–Kier alpha value is -4.28. The van der Waals surface area contributed by atoms with Gasteiger partial charge in [0, 0.05) is 23.6 Å². The first-order valence-electron chi connectivity index (χ1n) is 9.86. The van der Waals surface area contributed by atoms with E-state index < -0.39 is 40.6 Å². The number of esters is 2. The fourth-order valence-corrected chi connectivity index (χ4v) is 3.17. The third kappa shape index (κ3) is 6.60. The van der Waals surface area contributed by atoms with Crippen LogP contribution in [0.4, 0.5) is 5.69 Å². The number of carbonyl (C=O) groups excluding carboxylic acids is 4. The molecule has 0 heterocycles. The Morgan fingerprint density at radius 3 is 2.27 bits per heavy atom. The van der Waals surface area contributed by atoms with Crippen LogP contribution in [0.5, 0.6) is 0 Å². The average Bonchev–Trinajstić information content (AvgIpc) is 2.80. The summed E-state index contributed by atoms with van der Waals surface area (Å²) in [5.41, 5.74) is 5.90. The van der Waals surface area contributed by atoms with Crippen molar-refractivity contribution < 1.29 is 33.6 Å². The minimum absolute atomic E-state index is 0.0581. The van der Waals surface area contributed by atoms with E-state index in [-0.39, 0.29) is 29.8 Å². The van der Waals surface area contributed by atoms with Crippen molar-refractivity contribution in [2.24, 2.45) is 5.73 Å². The van der Waals surface area contributed by atoms with E-state index in [1.807, 2.05) is 0 Å². The zero-order chi connectivity index (χ0) is 24.5. The highest BCUT2D eigenvalue weighted by Gasteiger charge is 2.32. The number of nitrogens with two attached hydrogens (primary N) is 1. The van der Waals surface area contributed by atoms with Gasteiger partial charge in [-0.2, -0.15) is 0 Å². The minimum atomic E-state index is -1.36. The Morgan fingerprint density at radius 1 is 1.09 bits per heavy atom. The van der Waals surface area contributed by atoms with Gasteiger partial charge in [0.05, 0.1) is 30.6 Å². The largest absolute Gasteiger partial charge is 0.466 e. The molecule has 2 aromatic rings. The van der Waals surface area contributed by atoms with Crippen LogP contribution in [0.3, 0.4) is 0 Å². The molecule has 0 saturated carbocycles. The van der Waals surface area contributed by atoms with Crippen LogP contribution in [0.1, 0.15) is 45.5 Å². The van der Waals surface area contributed by atoms with Crippen molar-refractivity contribution in [3.05, 3.63) is 75.3 Å². The van der Waals surface area contributed by atoms with E-state index in [1.165, 1.54) is 55.6 Å². The van der Waals surface area contributed by atoms with Crippen molar-refractivity contribution in [2.45, 2.75) is 25.3 Å². The van der Waals surface area contributed by atoms with Crippen molar-refractivity contribution in [2.75, 3.05) is 13.7 Å². The predicted octanol–water partition coefficient (Wildman–Crippen LogP) is 1.70. The summed E-state index contributed by atoms with van der Waals surface area (Å²) in [6.07, 6.45) is -0.318. The molecule has 3 N–H and O–H groups in total. The summed E-state index contributed by atoms with van der Waals surface area (Å²) in [7, 11) is 1.20. The second-order valence-electron chi connectivity index (χ2n) is 6.89. The van der Waals surface area contributed by atoms with Gasteiger partial charge in [0.1, 0.15) is 6.04 Å². The molecule has 0 bridgehead atoms. The van der Waals surface area contributed by atoms with Crippen LogP contribution < -0.4 is 11.1 Å². The molecule has 11 heteroatoms. The molecule has 2 amide bonds. The van der Waals surface area contributed by atoms with E-state index in [0.29, 0.717) is 5.56 Å². The second kappa shape index (κ2) is 11.4. The standard InChI is InChI=1S/C22H23N3O8/c1-3-33-18(26)12-17(13-7-9-16(10-8-13)25(30)31)19(20(23)27)24-21(28)14-5-4-6-15(11-14)22(29)32-2/h4-11,17,19H,3,12H2,1-2H3,(H2,23,27)(H,24,28)/t17-,19-/m0/s1. The Balaban J connectivity index is 2.39. The molecule has 0 saturated heterocycles. The number of carbonyl (C=O) groups is 4. The molecule has 0 aliphatic carbocycles. The summed E-state index contributed by atoms with van der Waals surface area (Å²) < 4.78 is 9.60. The highest BCUT2D eigenvalue weighted by atomic mass is 16.6. The van der Waals surface area contributed by atoms with E-state index in [9.17, 15) is 29.3 Å². The second-order valence-corrected chi connectivity index (χ2v) is 6.89. The van der Waals surface area contributed by atoms with Gasteiger partial charge in [-0.1, -0.05) is 18.2 Å². The molecule has 0 fully saturated rings. The number of non-ortho nitro benzene ring substituents is 1. The molecule has 0 aliphatic rings. The van der Waals surface area contributed by atoms with Crippen molar-refractivity contribution in [1.29, 1.82) is 0 Å². The summed E-state index contributed by atoms with van der Waals surface area (Å²) in [6, 6.07) is 9.45. The molecule has 0 unspecified atom stereocenters. The summed E-state index contributed by atoms with van der Waals surface area (Å²) in [5, 5.41) is 13.4. The summed E-state index contributed by atoms with van der Waals surface area (Å²) >= 11 is 0. The van der Waals surface area contributed by atoms with Gasteiger partial charge >= 0.3 is 11.9 Å². The van der Waals surface area contributed by atoms with Crippen molar-refractivity contribution in [3.63, 3.8) is 0 Å². The van der Waals surface area contributed by atoms with Gasteiger partial charge < -0.3 is 20.5 Å². The summed E-state index contributed by atoms with van der Waals surface area (Å²) in [5.74, 6) is -3.91. The number of methoxy groups -OCH3 is 1. The van der Waals surface area contributed by atoms with Crippen LogP contribution in [0, 0.1) is 10.1 Å². The van der Waals surface area contributed by atoms with E-state index >= 15 is 0 Å². The third-order valence-electron chi connectivity index (χ3n) is 4.77. The maximum absolute atomic E-state index is 12.8. The highest BCUT2D eigenvalue weighted by molar-refractivity contribution is 6.00. The average molecular weight is 457 g/mol. The van der Waals surface area contributed by atoms with Gasteiger partial charge in [-0.15, -0.1) is 0 Å². The van der Waals surface area contributed by atoms with E-state index in [0.717, 1.165) is 0 Å². The maximum atomic E-state index is 12.8. The first-order valence-corrected chi connectivity index (χ1v) is 9.86. The van der Waals surface area contributed by atoms with Gasteiger partial charge in [-0.05, 0) is 30.7 Å². The minimum Gasteiger partial charge on any atom is -0.466 e. The number of primary amides is 1. The van der Waals surface area contributed by atoms with Gasteiger partial charge in [0.25, 0.3) is 11.6 Å². The molecule has 0 aromatic heterocycles. The fraction of sp³-hybridized carbons (Fsp3) is 0.273. The Kier molecular flexibility index (Phi) is 8.61. The van der Waals surface area contributed by atoms with E-state index in [2.05, 4.69) is 10.1 Å². The Morgan fingerprint density at radius 2 is 1.73 bits per heavy atom. The Bertz CT molecular complexity index is 1050. The van der Waals surface area contributed by atoms with Crippen molar-refractivity contribution in [1.82, 2.24) is 5.32 Å². The van der Waals surface area contributed by atoms with Gasteiger partial charge in [-0.3, -0.25) is 24.5 Å². The number of nitro groups is 1. The number of amides is 2. The lowest BCUT2D eigenvalue weighted by molar-refractivity contribution is -0.384. The molecule has 11 nitrogen and oxygen atoms in total. The fourth-order valence-electron chi connectivity index (χ4n) is 3.17. The smallest absolute Gasteiger partial charge is 0.337 e. The van der Waals surface area contributed by atoms with Crippen LogP contribution in [0.2, 0.25) is 0 Å². The highest BCUT2D eigenvalue weighted by Crippen LogP contribution is 2.27. The van der Waals surface area contributed by atoms with Crippen LogP contribution in [0.15, 0.2) is 48.5 Å². The normalized spacial score (nSPS) is 12.2. The number of benzene rings is 2. The number of rotatable bonds is 10. The lowest BCUT2D eigenvalue weighted by Gasteiger charge is -2.25. The lowest BCUT2D eigenvalue weighted by atomic mass is 9.87. The van der Waals surface area contributed by atoms with Gasteiger partial charge in [0.2, 0.25) is 5.91 Å². The Labute approximate surface area is 189 Å². The van der Waals surface area contributed by atoms with Crippen molar-refractivity contribution >= 4 is 29.4 Å². The van der Waals surface area contributed by atoms with Crippen LogP contribution in [-0.2, 0) is 19.1 Å². The lowest BCUT2D eigenvalue weighted by Crippen LogP contribution is -2.48. The number of nitrogens with zero attached hydrogens (tertiary/aromatic N) is 1. The molecule has 0 radical (unpaired) electrons.